The van der Waals surface area contributed by atoms with Gasteiger partial charge < -0.3 is 4.74 Å². The van der Waals surface area contributed by atoms with Crippen LogP contribution in [0.1, 0.15) is 35.7 Å². The van der Waals surface area contributed by atoms with E-state index in [1.54, 1.807) is 26.1 Å². The van der Waals surface area contributed by atoms with Crippen molar-refractivity contribution in [3.05, 3.63) is 62.5 Å². The first-order valence-electron chi connectivity index (χ1n) is 9.26. The molecule has 4 rings (SSSR count). The zero-order chi connectivity index (χ0) is 20.7. The lowest BCUT2D eigenvalue weighted by molar-refractivity contribution is 0.0401. The minimum atomic E-state index is -0.543. The second-order valence-corrected chi connectivity index (χ2v) is 7.61. The van der Waals surface area contributed by atoms with Crippen molar-refractivity contribution in [2.24, 2.45) is 0 Å². The number of aryl methyl sites for hydroxylation is 1. The summed E-state index contributed by atoms with van der Waals surface area (Å²) in [6.07, 6.45) is 2.24. The van der Waals surface area contributed by atoms with E-state index in [0.717, 1.165) is 0 Å². The molecule has 3 aromatic rings. The van der Waals surface area contributed by atoms with Gasteiger partial charge in [0.15, 0.2) is 5.65 Å². The molecule has 0 bridgehead atoms. The van der Waals surface area contributed by atoms with Gasteiger partial charge in [0, 0.05) is 40.6 Å². The van der Waals surface area contributed by atoms with Gasteiger partial charge in [-0.1, -0.05) is 11.6 Å². The Morgan fingerprint density at radius 3 is 2.86 bits per heavy atom. The number of aromatic nitrogens is 3. The molecular weight excluding hydrogens is 395 g/mol. The summed E-state index contributed by atoms with van der Waals surface area (Å²) in [4.78, 5) is 22.1. The lowest BCUT2D eigenvalue weighted by Gasteiger charge is -2.26. The van der Waals surface area contributed by atoms with Gasteiger partial charge in [-0.25, -0.2) is 14.4 Å². The van der Waals surface area contributed by atoms with E-state index in [-0.39, 0.29) is 33.4 Å². The van der Waals surface area contributed by atoms with Gasteiger partial charge in [-0.05, 0) is 44.9 Å². The van der Waals surface area contributed by atoms with Crippen LogP contribution in [0.5, 0.6) is 0 Å². The summed E-state index contributed by atoms with van der Waals surface area (Å²) in [5, 5.41) is 9.48. The van der Waals surface area contributed by atoms with Crippen molar-refractivity contribution < 1.29 is 9.13 Å². The van der Waals surface area contributed by atoms with Crippen molar-refractivity contribution in [2.45, 2.75) is 38.7 Å². The monoisotopic (exact) mass is 412 g/mol. The second-order valence-electron chi connectivity index (χ2n) is 7.17. The number of hydrogen-bond acceptors (Lipinski definition) is 5. The summed E-state index contributed by atoms with van der Waals surface area (Å²) in [7, 11) is 0. The Labute approximate surface area is 171 Å². The van der Waals surface area contributed by atoms with E-state index in [1.807, 2.05) is 0 Å². The maximum Gasteiger partial charge on any atom is 0.261 e. The molecule has 6 nitrogen and oxygen atoms in total. The van der Waals surface area contributed by atoms with Crippen molar-refractivity contribution in [1.29, 1.82) is 5.26 Å². The number of rotatable bonds is 2. The third-order valence-corrected chi connectivity index (χ3v) is 5.57. The zero-order valence-electron chi connectivity index (χ0n) is 15.9. The van der Waals surface area contributed by atoms with Crippen LogP contribution in [-0.4, -0.2) is 27.1 Å². The largest absolute Gasteiger partial charge is 0.363 e. The van der Waals surface area contributed by atoms with Crippen LogP contribution >= 0.6 is 11.6 Å². The molecule has 29 heavy (non-hydrogen) atoms. The van der Waals surface area contributed by atoms with Crippen LogP contribution in [0.3, 0.4) is 0 Å². The maximum absolute atomic E-state index is 14.7. The Balaban J connectivity index is 2.00. The second kappa shape index (κ2) is 7.54. The molecule has 3 heterocycles. The molecule has 0 spiro atoms. The molecule has 2 unspecified atom stereocenters. The van der Waals surface area contributed by atoms with Gasteiger partial charge in [0.05, 0.1) is 11.8 Å². The van der Waals surface area contributed by atoms with Crippen molar-refractivity contribution in [2.75, 3.05) is 6.61 Å². The molecule has 8 heteroatoms. The smallest absolute Gasteiger partial charge is 0.261 e. The fourth-order valence-corrected chi connectivity index (χ4v) is 3.73. The molecule has 0 N–H and O–H groups in total. The van der Waals surface area contributed by atoms with Crippen molar-refractivity contribution in [1.82, 2.24) is 14.4 Å². The minimum Gasteiger partial charge on any atom is -0.363 e. The SMILES string of the molecule is Cc1nc2c(-c3ccc(Cl)cc3F)nc(C3CCOC(C#N)C3)cn2c(=O)c1C. The highest BCUT2D eigenvalue weighted by Gasteiger charge is 2.27. The Kier molecular flexibility index (Phi) is 5.07. The topological polar surface area (TPSA) is 80.3 Å². The van der Waals surface area contributed by atoms with E-state index in [4.69, 9.17) is 21.3 Å². The Morgan fingerprint density at radius 2 is 2.14 bits per heavy atom. The normalized spacial score (nSPS) is 19.3. The average molecular weight is 413 g/mol. The highest BCUT2D eigenvalue weighted by molar-refractivity contribution is 6.30. The quantitative estimate of drug-likeness (QED) is 0.636. The number of nitriles is 1. The zero-order valence-corrected chi connectivity index (χ0v) is 16.7. The third kappa shape index (κ3) is 3.50. The first-order chi connectivity index (χ1) is 13.9. The van der Waals surface area contributed by atoms with Crippen LogP contribution in [-0.2, 0) is 4.74 Å². The van der Waals surface area contributed by atoms with E-state index >= 15 is 0 Å². The lowest BCUT2D eigenvalue weighted by Crippen LogP contribution is -2.26. The van der Waals surface area contributed by atoms with Crippen LogP contribution < -0.4 is 5.56 Å². The van der Waals surface area contributed by atoms with E-state index < -0.39 is 11.9 Å². The fraction of sp³-hybridized carbons (Fsp3) is 0.333. The number of nitrogens with zero attached hydrogens (tertiary/aromatic N) is 4. The summed E-state index contributed by atoms with van der Waals surface area (Å²) in [5.41, 5.74) is 2.24. The molecule has 1 fully saturated rings. The Morgan fingerprint density at radius 1 is 1.34 bits per heavy atom. The van der Waals surface area contributed by atoms with Gasteiger partial charge in [-0.2, -0.15) is 5.26 Å². The molecule has 1 aromatic carbocycles. The number of ether oxygens (including phenoxy) is 1. The fourth-order valence-electron chi connectivity index (χ4n) is 3.57. The van der Waals surface area contributed by atoms with Crippen molar-refractivity contribution >= 4 is 17.2 Å². The van der Waals surface area contributed by atoms with Gasteiger partial charge in [0.2, 0.25) is 0 Å². The van der Waals surface area contributed by atoms with Gasteiger partial charge in [-0.3, -0.25) is 9.20 Å². The van der Waals surface area contributed by atoms with E-state index in [9.17, 15) is 14.4 Å². The van der Waals surface area contributed by atoms with Gasteiger partial charge in [-0.15, -0.1) is 0 Å². The van der Waals surface area contributed by atoms with Crippen LogP contribution in [0.25, 0.3) is 16.9 Å². The van der Waals surface area contributed by atoms with Crippen LogP contribution in [0.2, 0.25) is 5.02 Å². The summed E-state index contributed by atoms with van der Waals surface area (Å²) >= 11 is 5.90. The number of benzene rings is 1. The van der Waals surface area contributed by atoms with Gasteiger partial charge in [0.25, 0.3) is 5.56 Å². The van der Waals surface area contributed by atoms with Gasteiger partial charge in [0.1, 0.15) is 17.6 Å². The molecule has 148 valence electrons. The predicted octanol–water partition coefficient (Wildman–Crippen LogP) is 3.95. The first kappa shape index (κ1) is 19.5. The molecular formula is C21H18ClFN4O2. The Bertz CT molecular complexity index is 1220. The molecule has 0 saturated carbocycles. The number of fused-ring (bicyclic) bond motifs is 1. The van der Waals surface area contributed by atoms with Crippen LogP contribution in [0, 0.1) is 31.0 Å². The molecule has 2 aromatic heterocycles. The summed E-state index contributed by atoms with van der Waals surface area (Å²) < 4.78 is 21.6. The van der Waals surface area contributed by atoms with Crippen molar-refractivity contribution in [3.63, 3.8) is 0 Å². The summed E-state index contributed by atoms with van der Waals surface area (Å²) in [6.45, 7) is 3.87. The maximum atomic E-state index is 14.7. The third-order valence-electron chi connectivity index (χ3n) is 5.33. The summed E-state index contributed by atoms with van der Waals surface area (Å²) in [6, 6.07) is 6.44. The predicted molar refractivity (Wildman–Crippen MR) is 106 cm³/mol. The first-order valence-corrected chi connectivity index (χ1v) is 9.64. The molecule has 0 radical (unpaired) electrons. The molecule has 1 saturated heterocycles. The Hall–Kier alpha value is -2.82. The lowest BCUT2D eigenvalue weighted by atomic mass is 9.93. The summed E-state index contributed by atoms with van der Waals surface area (Å²) in [5.74, 6) is -0.626. The highest BCUT2D eigenvalue weighted by Crippen LogP contribution is 2.32. The highest BCUT2D eigenvalue weighted by atomic mass is 35.5. The molecule has 2 atom stereocenters. The molecule has 1 aliphatic heterocycles. The van der Waals surface area contributed by atoms with Gasteiger partial charge >= 0.3 is 0 Å². The minimum absolute atomic E-state index is 0.0829. The standard InChI is InChI=1S/C21H18ClFN4O2/c1-11-12(2)25-20-19(16-4-3-14(22)8-17(16)23)26-18(10-27(20)21(11)28)13-5-6-29-15(7-13)9-24/h3-4,8,10,13,15H,5-7H2,1-2H3. The van der Waals surface area contributed by atoms with Crippen LogP contribution in [0.4, 0.5) is 4.39 Å². The van der Waals surface area contributed by atoms with Crippen molar-refractivity contribution in [3.8, 4) is 17.3 Å². The van der Waals surface area contributed by atoms with E-state index in [1.165, 1.54) is 16.5 Å². The molecule has 0 aliphatic carbocycles. The van der Waals surface area contributed by atoms with Crippen LogP contribution in [0.15, 0.2) is 29.2 Å². The average Bonchev–Trinajstić information content (AvgIpc) is 2.72. The molecule has 1 aliphatic rings. The van der Waals surface area contributed by atoms with E-state index in [0.29, 0.717) is 36.4 Å². The number of hydrogen-bond donors (Lipinski definition) is 0. The number of halogens is 2. The molecule has 0 amide bonds. The van der Waals surface area contributed by atoms with E-state index in [2.05, 4.69) is 11.1 Å².